The van der Waals surface area contributed by atoms with E-state index in [0.717, 1.165) is 44.9 Å². The third-order valence-corrected chi connectivity index (χ3v) is 5.82. The van der Waals surface area contributed by atoms with Crippen LogP contribution in [0.2, 0.25) is 0 Å². The zero-order chi connectivity index (χ0) is 17.6. The van der Waals surface area contributed by atoms with Gasteiger partial charge in [-0.2, -0.15) is 0 Å². The van der Waals surface area contributed by atoms with Gasteiger partial charge in [-0.05, 0) is 37.5 Å². The second-order valence-corrected chi connectivity index (χ2v) is 7.96. The fourth-order valence-electron chi connectivity index (χ4n) is 2.93. The molecule has 6 nitrogen and oxygen atoms in total. The molecule has 1 saturated carbocycles. The van der Waals surface area contributed by atoms with E-state index in [2.05, 4.69) is 10.0 Å². The molecule has 7 heteroatoms. The van der Waals surface area contributed by atoms with Crippen molar-refractivity contribution in [1.82, 2.24) is 4.72 Å². The molecule has 0 aromatic heterocycles. The van der Waals surface area contributed by atoms with Crippen LogP contribution >= 0.6 is 0 Å². The number of anilines is 1. The van der Waals surface area contributed by atoms with Crippen LogP contribution in [0.4, 0.5) is 5.69 Å². The monoisotopic (exact) mass is 354 g/mol. The Morgan fingerprint density at radius 2 is 1.96 bits per heavy atom. The van der Waals surface area contributed by atoms with Gasteiger partial charge in [0.1, 0.15) is 0 Å². The molecule has 0 atom stereocenters. The summed E-state index contributed by atoms with van der Waals surface area (Å²) in [4.78, 5) is 11.5. The predicted octanol–water partition coefficient (Wildman–Crippen LogP) is 3.21. The van der Waals surface area contributed by atoms with Gasteiger partial charge in [0.25, 0.3) is 0 Å². The van der Waals surface area contributed by atoms with Gasteiger partial charge in [0.2, 0.25) is 10.0 Å². The Balaban J connectivity index is 2.19. The molecule has 134 valence electrons. The molecule has 0 radical (unpaired) electrons. The second kappa shape index (κ2) is 8.48. The van der Waals surface area contributed by atoms with E-state index in [9.17, 15) is 18.3 Å². The molecule has 0 unspecified atom stereocenters. The molecular formula is C17H26N2O4S. The van der Waals surface area contributed by atoms with Crippen LogP contribution in [0.15, 0.2) is 23.1 Å². The number of hydrogen-bond donors (Lipinski definition) is 3. The Morgan fingerprint density at radius 1 is 1.25 bits per heavy atom. The summed E-state index contributed by atoms with van der Waals surface area (Å²) < 4.78 is 27.8. The molecule has 1 fully saturated rings. The van der Waals surface area contributed by atoms with E-state index in [1.165, 1.54) is 18.2 Å². The van der Waals surface area contributed by atoms with Crippen LogP contribution in [0.5, 0.6) is 0 Å². The van der Waals surface area contributed by atoms with Crippen molar-refractivity contribution in [3.05, 3.63) is 23.8 Å². The summed E-state index contributed by atoms with van der Waals surface area (Å²) >= 11 is 0. The van der Waals surface area contributed by atoms with E-state index in [4.69, 9.17) is 0 Å². The lowest BCUT2D eigenvalue weighted by atomic mass is 9.96. The molecule has 0 bridgehead atoms. The van der Waals surface area contributed by atoms with Crippen LogP contribution in [0.3, 0.4) is 0 Å². The Morgan fingerprint density at radius 3 is 2.58 bits per heavy atom. The molecule has 1 aliphatic carbocycles. The molecular weight excluding hydrogens is 328 g/mol. The smallest absolute Gasteiger partial charge is 0.337 e. The highest BCUT2D eigenvalue weighted by molar-refractivity contribution is 7.89. The summed E-state index contributed by atoms with van der Waals surface area (Å²) in [6, 6.07) is 4.18. The molecule has 0 heterocycles. The lowest BCUT2D eigenvalue weighted by Gasteiger charge is -2.22. The summed E-state index contributed by atoms with van der Waals surface area (Å²) in [5.41, 5.74) is 0.435. The molecule has 1 aromatic rings. The number of aromatic carboxylic acids is 1. The van der Waals surface area contributed by atoms with Crippen LogP contribution in [0.1, 0.15) is 62.2 Å². The van der Waals surface area contributed by atoms with Crippen molar-refractivity contribution < 1.29 is 18.3 Å². The van der Waals surface area contributed by atoms with Gasteiger partial charge in [0.15, 0.2) is 0 Å². The Kier molecular flexibility index (Phi) is 6.62. The zero-order valence-corrected chi connectivity index (χ0v) is 14.9. The van der Waals surface area contributed by atoms with Crippen LogP contribution in [0, 0.1) is 0 Å². The van der Waals surface area contributed by atoms with Crippen LogP contribution in [-0.2, 0) is 10.0 Å². The molecule has 0 amide bonds. The number of hydrogen-bond acceptors (Lipinski definition) is 4. The van der Waals surface area contributed by atoms with Crippen molar-refractivity contribution >= 4 is 21.7 Å². The number of rotatable bonds is 8. The highest BCUT2D eigenvalue weighted by atomic mass is 32.2. The molecule has 0 spiro atoms. The van der Waals surface area contributed by atoms with Crippen molar-refractivity contribution in [2.75, 3.05) is 11.9 Å². The van der Waals surface area contributed by atoms with E-state index in [1.807, 2.05) is 6.92 Å². The molecule has 24 heavy (non-hydrogen) atoms. The maximum absolute atomic E-state index is 12.5. The maximum atomic E-state index is 12.5. The van der Waals surface area contributed by atoms with E-state index in [1.54, 1.807) is 0 Å². The normalized spacial score (nSPS) is 16.0. The highest BCUT2D eigenvalue weighted by Gasteiger charge is 2.23. The molecule has 2 rings (SSSR count). The third-order valence-electron chi connectivity index (χ3n) is 4.30. The summed E-state index contributed by atoms with van der Waals surface area (Å²) in [5.74, 6) is -1.14. The van der Waals surface area contributed by atoms with Crippen molar-refractivity contribution in [2.24, 2.45) is 0 Å². The van der Waals surface area contributed by atoms with Crippen LogP contribution in [-0.4, -0.2) is 32.1 Å². The number of nitrogens with one attached hydrogen (secondary N) is 2. The number of carboxylic acids is 1. The molecule has 1 aromatic carbocycles. The average Bonchev–Trinajstić information content (AvgIpc) is 2.55. The van der Waals surface area contributed by atoms with Crippen LogP contribution < -0.4 is 10.0 Å². The number of unbranched alkanes of at least 4 members (excludes halogenated alkanes) is 1. The molecule has 1 aliphatic rings. The first-order valence-electron chi connectivity index (χ1n) is 8.57. The van der Waals surface area contributed by atoms with Crippen molar-refractivity contribution in [1.29, 1.82) is 0 Å². The number of sulfonamides is 1. The van der Waals surface area contributed by atoms with Gasteiger partial charge in [-0.3, -0.25) is 0 Å². The summed E-state index contributed by atoms with van der Waals surface area (Å²) in [7, 11) is -3.70. The molecule has 0 aliphatic heterocycles. The van der Waals surface area contributed by atoms with Gasteiger partial charge in [-0.15, -0.1) is 0 Å². The largest absolute Gasteiger partial charge is 0.478 e. The van der Waals surface area contributed by atoms with E-state index < -0.39 is 16.0 Å². The first-order chi connectivity index (χ1) is 11.4. The third kappa shape index (κ3) is 4.95. The standard InChI is InChI=1S/C17H26N2O4S/c1-2-3-11-18-16-10-9-14(12-15(16)17(20)21)24(22,23)19-13-7-5-4-6-8-13/h9-10,12-13,18-19H,2-8,11H2,1H3,(H,20,21). The lowest BCUT2D eigenvalue weighted by molar-refractivity contribution is 0.0697. The predicted molar refractivity (Wildman–Crippen MR) is 94.0 cm³/mol. The Hall–Kier alpha value is -1.60. The summed E-state index contributed by atoms with van der Waals surface area (Å²) in [6.45, 7) is 2.70. The minimum Gasteiger partial charge on any atom is -0.478 e. The van der Waals surface area contributed by atoms with Crippen LogP contribution in [0.25, 0.3) is 0 Å². The maximum Gasteiger partial charge on any atom is 0.337 e. The van der Waals surface area contributed by atoms with Crippen molar-refractivity contribution in [3.8, 4) is 0 Å². The summed E-state index contributed by atoms with van der Waals surface area (Å²) in [6.07, 6.45) is 6.76. The van der Waals surface area contributed by atoms with Gasteiger partial charge in [-0.25, -0.2) is 17.9 Å². The Bertz CT molecular complexity index is 667. The lowest BCUT2D eigenvalue weighted by Crippen LogP contribution is -2.36. The highest BCUT2D eigenvalue weighted by Crippen LogP contribution is 2.23. The number of carboxylic acid groups (broad SMARTS) is 1. The first-order valence-corrected chi connectivity index (χ1v) is 10.1. The average molecular weight is 354 g/mol. The van der Waals surface area contributed by atoms with E-state index >= 15 is 0 Å². The Labute approximate surface area is 143 Å². The first kappa shape index (κ1) is 18.7. The van der Waals surface area contributed by atoms with Crippen molar-refractivity contribution in [2.45, 2.75) is 62.8 Å². The second-order valence-electron chi connectivity index (χ2n) is 6.25. The minimum atomic E-state index is -3.70. The van der Waals surface area contributed by atoms with E-state index in [0.29, 0.717) is 12.2 Å². The number of benzene rings is 1. The van der Waals surface area contributed by atoms with Gasteiger partial charge < -0.3 is 10.4 Å². The zero-order valence-electron chi connectivity index (χ0n) is 14.0. The number of carbonyl (C=O) groups is 1. The topological polar surface area (TPSA) is 95.5 Å². The van der Waals surface area contributed by atoms with Gasteiger partial charge in [0, 0.05) is 18.3 Å². The van der Waals surface area contributed by atoms with E-state index in [-0.39, 0.29) is 16.5 Å². The summed E-state index contributed by atoms with van der Waals surface area (Å²) in [5, 5.41) is 12.4. The fourth-order valence-corrected chi connectivity index (χ4v) is 4.26. The molecule has 0 saturated heterocycles. The quantitative estimate of drug-likeness (QED) is 0.623. The van der Waals surface area contributed by atoms with Crippen molar-refractivity contribution in [3.63, 3.8) is 0 Å². The van der Waals surface area contributed by atoms with Gasteiger partial charge >= 0.3 is 5.97 Å². The van der Waals surface area contributed by atoms with Gasteiger partial charge in [-0.1, -0.05) is 32.6 Å². The van der Waals surface area contributed by atoms with Gasteiger partial charge in [0.05, 0.1) is 10.5 Å². The fraction of sp³-hybridized carbons (Fsp3) is 0.588. The molecule has 3 N–H and O–H groups in total. The minimum absolute atomic E-state index is 0.00603. The SMILES string of the molecule is CCCCNc1ccc(S(=O)(=O)NC2CCCCC2)cc1C(=O)O.